The van der Waals surface area contributed by atoms with Gasteiger partial charge in [-0.25, -0.2) is 9.37 Å². The van der Waals surface area contributed by atoms with Crippen molar-refractivity contribution in [2.75, 3.05) is 13.2 Å². The molecule has 8 nitrogen and oxygen atoms in total. The Morgan fingerprint density at radius 2 is 2.06 bits per heavy atom. The highest BCUT2D eigenvalue weighted by Gasteiger charge is 2.53. The van der Waals surface area contributed by atoms with Crippen molar-refractivity contribution in [1.29, 1.82) is 0 Å². The van der Waals surface area contributed by atoms with Crippen molar-refractivity contribution in [3.8, 4) is 0 Å². The molecular weight excluding hydrogens is 427 g/mol. The second kappa shape index (κ2) is 9.66. The summed E-state index contributed by atoms with van der Waals surface area (Å²) < 4.78 is 19.6. The highest BCUT2D eigenvalue weighted by Crippen LogP contribution is 2.30. The van der Waals surface area contributed by atoms with Gasteiger partial charge in [0.1, 0.15) is 31.0 Å². The fraction of sp³-hybridized carbons (Fsp3) is 0.417. The topological polar surface area (TPSA) is 104 Å². The molecule has 33 heavy (non-hydrogen) atoms. The Morgan fingerprint density at radius 1 is 1.30 bits per heavy atom. The molecule has 174 valence electrons. The number of carbonyl (C=O) groups is 3. The lowest BCUT2D eigenvalue weighted by atomic mass is 10.0. The largest absolute Gasteiger partial charge is 0.365 e. The van der Waals surface area contributed by atoms with Gasteiger partial charge in [-0.2, -0.15) is 0 Å². The number of hydrogen-bond acceptors (Lipinski definition) is 5. The van der Waals surface area contributed by atoms with E-state index in [1.54, 1.807) is 36.8 Å². The molecule has 0 radical (unpaired) electrons. The summed E-state index contributed by atoms with van der Waals surface area (Å²) in [6, 6.07) is 5.17. The molecule has 0 saturated carbocycles. The lowest BCUT2D eigenvalue weighted by Gasteiger charge is -2.28. The maximum absolute atomic E-state index is 14.3. The molecule has 0 aliphatic carbocycles. The van der Waals surface area contributed by atoms with Crippen LogP contribution >= 0.6 is 0 Å². The van der Waals surface area contributed by atoms with Crippen LogP contribution in [0.15, 0.2) is 36.8 Å². The van der Waals surface area contributed by atoms with E-state index in [2.05, 4.69) is 15.3 Å². The number of ether oxygens (including phenoxy) is 1. The molecule has 2 aromatic rings. The van der Waals surface area contributed by atoms with Gasteiger partial charge >= 0.3 is 0 Å². The van der Waals surface area contributed by atoms with Gasteiger partial charge in [0, 0.05) is 5.56 Å². The summed E-state index contributed by atoms with van der Waals surface area (Å²) in [7, 11) is 0. The van der Waals surface area contributed by atoms with Crippen LogP contribution in [0.2, 0.25) is 0 Å². The highest BCUT2D eigenvalue weighted by atomic mass is 19.1. The number of rotatable bonds is 7. The van der Waals surface area contributed by atoms with Crippen LogP contribution in [0.25, 0.3) is 12.2 Å². The third kappa shape index (κ3) is 5.03. The quantitative estimate of drug-likeness (QED) is 0.668. The van der Waals surface area contributed by atoms with Gasteiger partial charge in [-0.3, -0.25) is 14.4 Å². The second-order valence-electron chi connectivity index (χ2n) is 8.81. The minimum absolute atomic E-state index is 0.101. The first-order valence-electron chi connectivity index (χ1n) is 11.0. The zero-order chi connectivity index (χ0) is 23.5. The standard InChI is InChI=1S/C24H27FN4O4/c1-14(2)9-19(24(32)29-11-18(25)22-21(29)20(30)12-33-22)28-23(31)16-6-3-15(4-7-16)5-8-17-10-26-13-27-17/h3-8,10,13-14,18-19,21-22H,9,11-12H2,1-2H3,(H,26,27)(H,28,31)/t18-,19-,21+,22+/m0/s1. The van der Waals surface area contributed by atoms with E-state index in [9.17, 15) is 18.8 Å². The van der Waals surface area contributed by atoms with E-state index in [-0.39, 0.29) is 24.9 Å². The summed E-state index contributed by atoms with van der Waals surface area (Å²) in [5.41, 5.74) is 2.16. The number of Topliss-reactive ketones (excluding diaryl/α,β-unsaturated/α-hetero) is 1. The number of carbonyl (C=O) groups excluding carboxylic acids is 3. The average Bonchev–Trinajstić information content (AvgIpc) is 3.51. The summed E-state index contributed by atoms with van der Waals surface area (Å²) in [5.74, 6) is -1.06. The molecule has 0 spiro atoms. The minimum Gasteiger partial charge on any atom is -0.365 e. The normalized spacial score (nSPS) is 23.3. The molecule has 2 fully saturated rings. The van der Waals surface area contributed by atoms with Crippen molar-refractivity contribution in [3.63, 3.8) is 0 Å². The zero-order valence-corrected chi connectivity index (χ0v) is 18.5. The number of hydrogen-bond donors (Lipinski definition) is 2. The number of H-pyrrole nitrogens is 1. The van der Waals surface area contributed by atoms with Crippen LogP contribution in [0, 0.1) is 5.92 Å². The van der Waals surface area contributed by atoms with E-state index in [1.165, 1.54) is 4.90 Å². The molecule has 2 N–H and O–H groups in total. The summed E-state index contributed by atoms with van der Waals surface area (Å²) in [6.45, 7) is 3.47. The van der Waals surface area contributed by atoms with Gasteiger partial charge in [-0.1, -0.05) is 32.1 Å². The maximum Gasteiger partial charge on any atom is 0.251 e. The first-order chi connectivity index (χ1) is 15.8. The Balaban J connectivity index is 1.45. The van der Waals surface area contributed by atoms with Gasteiger partial charge in [-0.05, 0) is 36.1 Å². The van der Waals surface area contributed by atoms with Gasteiger partial charge in [0.2, 0.25) is 5.91 Å². The van der Waals surface area contributed by atoms with Crippen molar-refractivity contribution in [1.82, 2.24) is 20.2 Å². The molecule has 1 aromatic heterocycles. The van der Waals surface area contributed by atoms with Crippen LogP contribution < -0.4 is 5.32 Å². The molecule has 0 unspecified atom stereocenters. The number of fused-ring (bicyclic) bond motifs is 1. The molecule has 4 rings (SSSR count). The summed E-state index contributed by atoms with van der Waals surface area (Å²) in [5, 5.41) is 2.79. The van der Waals surface area contributed by atoms with Gasteiger partial charge in [0.05, 0.1) is 24.8 Å². The first kappa shape index (κ1) is 22.8. The van der Waals surface area contributed by atoms with Crippen LogP contribution in [0.4, 0.5) is 4.39 Å². The predicted molar refractivity (Wildman–Crippen MR) is 120 cm³/mol. The number of benzene rings is 1. The van der Waals surface area contributed by atoms with E-state index in [0.717, 1.165) is 11.3 Å². The molecule has 1 aromatic carbocycles. The first-order valence-corrected chi connectivity index (χ1v) is 11.0. The Morgan fingerprint density at radius 3 is 2.73 bits per heavy atom. The molecule has 2 saturated heterocycles. The molecule has 2 aliphatic rings. The molecule has 3 heterocycles. The Hall–Kier alpha value is -3.33. The zero-order valence-electron chi connectivity index (χ0n) is 18.5. The van der Waals surface area contributed by atoms with E-state index in [0.29, 0.717) is 12.0 Å². The van der Waals surface area contributed by atoms with E-state index >= 15 is 0 Å². The fourth-order valence-corrected chi connectivity index (χ4v) is 4.25. The molecule has 4 atom stereocenters. The Kier molecular flexibility index (Phi) is 6.69. The summed E-state index contributed by atoms with van der Waals surface area (Å²) in [4.78, 5) is 46.5. The van der Waals surface area contributed by atoms with Crippen molar-refractivity contribution >= 4 is 29.7 Å². The lowest BCUT2D eigenvalue weighted by molar-refractivity contribution is -0.138. The number of imidazole rings is 1. The van der Waals surface area contributed by atoms with Gasteiger partial charge in [0.15, 0.2) is 5.78 Å². The Labute approximate surface area is 191 Å². The number of aromatic amines is 1. The van der Waals surface area contributed by atoms with Crippen LogP contribution in [0.3, 0.4) is 0 Å². The number of alkyl halides is 1. The van der Waals surface area contributed by atoms with Crippen molar-refractivity contribution < 1.29 is 23.5 Å². The Bertz CT molecular complexity index is 1040. The van der Waals surface area contributed by atoms with E-state index in [4.69, 9.17) is 4.74 Å². The molecule has 2 amide bonds. The van der Waals surface area contributed by atoms with Crippen LogP contribution in [0.1, 0.15) is 41.9 Å². The highest BCUT2D eigenvalue weighted by molar-refractivity contribution is 5.99. The number of halogens is 1. The van der Waals surface area contributed by atoms with Gasteiger partial charge < -0.3 is 19.9 Å². The van der Waals surface area contributed by atoms with Crippen molar-refractivity contribution in [3.05, 3.63) is 53.6 Å². The van der Waals surface area contributed by atoms with Crippen LogP contribution in [-0.2, 0) is 14.3 Å². The SMILES string of the molecule is CC(C)C[C@H](NC(=O)c1ccc(C=Cc2cnc[nH]2)cc1)C(=O)N1C[C@H](F)[C@H]2OCC(=O)[C@H]21. The lowest BCUT2D eigenvalue weighted by Crippen LogP contribution is -2.52. The smallest absolute Gasteiger partial charge is 0.251 e. The summed E-state index contributed by atoms with van der Waals surface area (Å²) >= 11 is 0. The molecule has 2 aliphatic heterocycles. The number of amides is 2. The minimum atomic E-state index is -1.41. The summed E-state index contributed by atoms with van der Waals surface area (Å²) in [6.07, 6.45) is 5.08. The predicted octanol–water partition coefficient (Wildman–Crippen LogP) is 2.24. The number of aromatic nitrogens is 2. The number of nitrogens with zero attached hydrogens (tertiary/aromatic N) is 2. The van der Waals surface area contributed by atoms with E-state index < -0.39 is 36.2 Å². The third-order valence-electron chi connectivity index (χ3n) is 5.86. The average molecular weight is 455 g/mol. The third-order valence-corrected chi connectivity index (χ3v) is 5.86. The second-order valence-corrected chi connectivity index (χ2v) is 8.81. The van der Waals surface area contributed by atoms with Crippen LogP contribution in [0.5, 0.6) is 0 Å². The monoisotopic (exact) mass is 454 g/mol. The van der Waals surface area contributed by atoms with Crippen molar-refractivity contribution in [2.24, 2.45) is 5.92 Å². The molecule has 0 bridgehead atoms. The fourth-order valence-electron chi connectivity index (χ4n) is 4.25. The van der Waals surface area contributed by atoms with Crippen molar-refractivity contribution in [2.45, 2.75) is 44.6 Å². The molecule has 9 heteroatoms. The number of ketones is 1. The van der Waals surface area contributed by atoms with Gasteiger partial charge in [-0.15, -0.1) is 0 Å². The maximum atomic E-state index is 14.3. The number of nitrogens with one attached hydrogen (secondary N) is 2. The van der Waals surface area contributed by atoms with Crippen LogP contribution in [-0.4, -0.2) is 70.0 Å². The molecular formula is C24H27FN4O4. The number of likely N-dealkylation sites (tertiary alicyclic amines) is 1. The van der Waals surface area contributed by atoms with Gasteiger partial charge in [0.25, 0.3) is 5.91 Å². The van der Waals surface area contributed by atoms with E-state index in [1.807, 2.05) is 26.0 Å².